The molecule has 0 spiro atoms. The van der Waals surface area contributed by atoms with Crippen LogP contribution in [0.15, 0.2) is 48.2 Å². The normalized spacial score (nSPS) is 21.6. The van der Waals surface area contributed by atoms with Crippen LogP contribution in [0.2, 0.25) is 0 Å². The number of aromatic nitrogens is 3. The highest BCUT2D eigenvalue weighted by Crippen LogP contribution is 2.38. The number of likely N-dealkylation sites (tertiary alicyclic amines) is 1. The first-order chi connectivity index (χ1) is 13.3. The van der Waals surface area contributed by atoms with E-state index in [1.807, 2.05) is 35.8 Å². The molecule has 2 aliphatic heterocycles. The minimum atomic E-state index is 0.161. The summed E-state index contributed by atoms with van der Waals surface area (Å²) in [7, 11) is 0. The molecule has 2 bridgehead atoms. The van der Waals surface area contributed by atoms with Crippen LogP contribution in [-0.2, 0) is 0 Å². The van der Waals surface area contributed by atoms with Crippen LogP contribution in [0.4, 0.5) is 5.82 Å². The Balaban J connectivity index is 1.29. The molecular weight excluding hydrogens is 358 g/mol. The largest absolute Gasteiger partial charge is 0.349 e. The first-order valence-corrected chi connectivity index (χ1v) is 9.99. The first kappa shape index (κ1) is 15.2. The number of fused-ring (bicyclic) bond motifs is 4. The van der Waals surface area contributed by atoms with E-state index < -0.39 is 0 Å². The van der Waals surface area contributed by atoms with Crippen molar-refractivity contribution < 1.29 is 4.79 Å². The summed E-state index contributed by atoms with van der Waals surface area (Å²) in [4.78, 5) is 29.6. The smallest absolute Gasteiger partial charge is 0.255 e. The molecule has 0 saturated carbocycles. The van der Waals surface area contributed by atoms with Crippen LogP contribution < -0.4 is 4.90 Å². The highest BCUT2D eigenvalue weighted by atomic mass is 32.1. The van der Waals surface area contributed by atoms with E-state index in [9.17, 15) is 4.79 Å². The van der Waals surface area contributed by atoms with Gasteiger partial charge in [-0.05, 0) is 18.6 Å². The van der Waals surface area contributed by atoms with Gasteiger partial charge in [0.1, 0.15) is 17.8 Å². The number of nitrogens with one attached hydrogen (secondary N) is 1. The van der Waals surface area contributed by atoms with Crippen molar-refractivity contribution >= 4 is 44.2 Å². The second kappa shape index (κ2) is 5.53. The van der Waals surface area contributed by atoms with E-state index in [1.165, 1.54) is 4.70 Å². The van der Waals surface area contributed by atoms with Gasteiger partial charge in [0.15, 0.2) is 0 Å². The Hall–Kier alpha value is -2.93. The molecule has 1 aromatic carbocycles. The number of carbonyl (C=O) groups is 1. The maximum atomic E-state index is 13.2. The van der Waals surface area contributed by atoms with Gasteiger partial charge in [0.25, 0.3) is 5.91 Å². The van der Waals surface area contributed by atoms with Crippen molar-refractivity contribution in [2.24, 2.45) is 0 Å². The maximum Gasteiger partial charge on any atom is 0.255 e. The predicted molar refractivity (Wildman–Crippen MR) is 106 cm³/mol. The second-order valence-corrected chi connectivity index (χ2v) is 8.15. The molecule has 0 radical (unpaired) electrons. The van der Waals surface area contributed by atoms with Crippen LogP contribution in [0.1, 0.15) is 16.8 Å². The number of rotatable bonds is 2. The third-order valence-electron chi connectivity index (χ3n) is 5.82. The van der Waals surface area contributed by atoms with Crippen LogP contribution in [0.25, 0.3) is 21.1 Å². The Morgan fingerprint density at radius 1 is 1.11 bits per heavy atom. The fourth-order valence-electron chi connectivity index (χ4n) is 4.56. The van der Waals surface area contributed by atoms with E-state index in [4.69, 9.17) is 0 Å². The molecule has 5 heterocycles. The summed E-state index contributed by atoms with van der Waals surface area (Å²) >= 11 is 1.64. The Labute approximate surface area is 159 Å². The molecule has 1 N–H and O–H groups in total. The van der Waals surface area contributed by atoms with Gasteiger partial charge in [0.2, 0.25) is 0 Å². The number of benzene rings is 1. The van der Waals surface area contributed by atoms with Crippen LogP contribution in [0.5, 0.6) is 0 Å². The monoisotopic (exact) mass is 375 g/mol. The van der Waals surface area contributed by atoms with E-state index in [1.54, 1.807) is 17.7 Å². The molecule has 134 valence electrons. The topological polar surface area (TPSA) is 65.1 Å². The number of aromatic amines is 1. The van der Waals surface area contributed by atoms with E-state index in [2.05, 4.69) is 30.8 Å². The third-order valence-corrected chi connectivity index (χ3v) is 6.78. The van der Waals surface area contributed by atoms with E-state index in [0.29, 0.717) is 6.04 Å². The zero-order chi connectivity index (χ0) is 18.0. The molecule has 3 aromatic heterocycles. The predicted octanol–water partition coefficient (Wildman–Crippen LogP) is 3.28. The summed E-state index contributed by atoms with van der Waals surface area (Å²) in [5.74, 6) is 1.14. The van der Waals surface area contributed by atoms with E-state index >= 15 is 0 Å². The van der Waals surface area contributed by atoms with Crippen molar-refractivity contribution in [3.8, 4) is 0 Å². The lowest BCUT2D eigenvalue weighted by Gasteiger charge is -2.35. The van der Waals surface area contributed by atoms with Gasteiger partial charge in [0, 0.05) is 34.8 Å². The zero-order valence-corrected chi connectivity index (χ0v) is 15.3. The molecule has 4 aromatic rings. The van der Waals surface area contributed by atoms with E-state index in [-0.39, 0.29) is 11.9 Å². The average Bonchev–Trinajstić information content (AvgIpc) is 3.49. The minimum Gasteiger partial charge on any atom is -0.349 e. The Kier molecular flexibility index (Phi) is 3.11. The lowest BCUT2D eigenvalue weighted by Crippen LogP contribution is -2.49. The first-order valence-electron chi connectivity index (χ1n) is 9.11. The quantitative estimate of drug-likeness (QED) is 0.584. The lowest BCUT2D eigenvalue weighted by molar-refractivity contribution is 0.0728. The highest BCUT2D eigenvalue weighted by Gasteiger charge is 2.46. The van der Waals surface area contributed by atoms with Crippen LogP contribution >= 0.6 is 11.3 Å². The molecule has 6 rings (SSSR count). The standard InChI is InChI=1S/C20H17N5OS/c26-20(16-10-27-17-4-2-1-3-14(16)17)25-9-12-7-13(25)8-24(12)19-15-5-6-21-18(15)22-11-23-19/h1-6,10-13H,7-9H2,(H,21,22,23). The van der Waals surface area contributed by atoms with Crippen molar-refractivity contribution in [3.05, 3.63) is 53.8 Å². The van der Waals surface area contributed by atoms with Crippen molar-refractivity contribution in [3.63, 3.8) is 0 Å². The number of nitrogens with zero attached hydrogens (tertiary/aromatic N) is 4. The van der Waals surface area contributed by atoms with Crippen molar-refractivity contribution in [2.75, 3.05) is 18.0 Å². The molecule has 6 nitrogen and oxygen atoms in total. The summed E-state index contributed by atoms with van der Waals surface area (Å²) in [6.45, 7) is 1.58. The molecule has 0 aliphatic carbocycles. The second-order valence-electron chi connectivity index (χ2n) is 7.24. The fourth-order valence-corrected chi connectivity index (χ4v) is 5.50. The van der Waals surface area contributed by atoms with Crippen molar-refractivity contribution in [2.45, 2.75) is 18.5 Å². The third kappa shape index (κ3) is 2.15. The van der Waals surface area contributed by atoms with Crippen LogP contribution in [-0.4, -0.2) is 50.9 Å². The van der Waals surface area contributed by atoms with Gasteiger partial charge in [-0.25, -0.2) is 9.97 Å². The summed E-state index contributed by atoms with van der Waals surface area (Å²) in [6, 6.07) is 10.7. The summed E-state index contributed by atoms with van der Waals surface area (Å²) in [6.07, 6.45) is 4.51. The Morgan fingerprint density at radius 3 is 2.93 bits per heavy atom. The Morgan fingerprint density at radius 2 is 2.04 bits per heavy atom. The van der Waals surface area contributed by atoms with Gasteiger partial charge >= 0.3 is 0 Å². The lowest BCUT2D eigenvalue weighted by atomic mass is 10.1. The van der Waals surface area contributed by atoms with Gasteiger partial charge in [-0.2, -0.15) is 0 Å². The zero-order valence-electron chi connectivity index (χ0n) is 14.5. The molecule has 2 atom stereocenters. The van der Waals surface area contributed by atoms with Crippen LogP contribution in [0.3, 0.4) is 0 Å². The maximum absolute atomic E-state index is 13.2. The number of piperazine rings is 1. The van der Waals surface area contributed by atoms with Crippen molar-refractivity contribution in [1.29, 1.82) is 0 Å². The number of amides is 1. The molecule has 7 heteroatoms. The molecule has 2 fully saturated rings. The molecule has 2 aliphatic rings. The number of H-pyrrole nitrogens is 1. The summed E-state index contributed by atoms with van der Waals surface area (Å²) in [5, 5.41) is 4.12. The Bertz CT molecular complexity index is 1180. The van der Waals surface area contributed by atoms with Gasteiger partial charge in [-0.15, -0.1) is 11.3 Å². The van der Waals surface area contributed by atoms with Gasteiger partial charge in [0.05, 0.1) is 23.0 Å². The number of hydrogen-bond donors (Lipinski definition) is 1. The van der Waals surface area contributed by atoms with Gasteiger partial charge < -0.3 is 14.8 Å². The van der Waals surface area contributed by atoms with Crippen LogP contribution in [0, 0.1) is 0 Å². The minimum absolute atomic E-state index is 0.161. The van der Waals surface area contributed by atoms with Gasteiger partial charge in [-0.3, -0.25) is 4.79 Å². The molecule has 2 saturated heterocycles. The summed E-state index contributed by atoms with van der Waals surface area (Å²) in [5.41, 5.74) is 1.70. The molecule has 2 unspecified atom stereocenters. The highest BCUT2D eigenvalue weighted by molar-refractivity contribution is 7.17. The fraction of sp³-hybridized carbons (Fsp3) is 0.250. The van der Waals surface area contributed by atoms with E-state index in [0.717, 1.165) is 47.3 Å². The molecule has 1 amide bonds. The SMILES string of the molecule is O=C(c1csc2ccccc12)N1CC2CC1CN2c1ncnc2[nH]ccc12. The number of anilines is 1. The summed E-state index contributed by atoms with van der Waals surface area (Å²) < 4.78 is 1.17. The van der Waals surface area contributed by atoms with Crippen molar-refractivity contribution in [1.82, 2.24) is 19.9 Å². The van der Waals surface area contributed by atoms with Gasteiger partial charge in [-0.1, -0.05) is 18.2 Å². The number of carbonyl (C=O) groups excluding carboxylic acids is 1. The number of thiophene rings is 1. The molecule has 27 heavy (non-hydrogen) atoms. The molecular formula is C20H17N5OS. The number of hydrogen-bond acceptors (Lipinski definition) is 5. The average molecular weight is 375 g/mol.